The smallest absolute Gasteiger partial charge is 0.123 e. The van der Waals surface area contributed by atoms with E-state index in [4.69, 9.17) is 0 Å². The van der Waals surface area contributed by atoms with Crippen LogP contribution < -0.4 is 0 Å². The van der Waals surface area contributed by atoms with Crippen LogP contribution in [0.25, 0.3) is 0 Å². The van der Waals surface area contributed by atoms with Crippen LogP contribution in [0, 0.1) is 11.7 Å². The topological polar surface area (TPSA) is 23.5 Å². The molecule has 0 bridgehead atoms. The highest BCUT2D eigenvalue weighted by Crippen LogP contribution is 2.27. The van der Waals surface area contributed by atoms with Crippen LogP contribution in [0.5, 0.6) is 0 Å². The molecule has 0 aliphatic carbocycles. The highest BCUT2D eigenvalue weighted by Gasteiger charge is 2.27. The maximum atomic E-state index is 13.0. The summed E-state index contributed by atoms with van der Waals surface area (Å²) in [6, 6.07) is 16.9. The lowest BCUT2D eigenvalue weighted by Gasteiger charge is -2.38. The highest BCUT2D eigenvalue weighted by atomic mass is 19.1. The number of aliphatic hydroxyl groups excluding tert-OH is 1. The molecule has 1 heterocycles. The third kappa shape index (κ3) is 4.22. The molecule has 1 aliphatic rings. The summed E-state index contributed by atoms with van der Waals surface area (Å²) in [4.78, 5) is 2.36. The van der Waals surface area contributed by atoms with E-state index in [1.165, 1.54) is 17.7 Å². The molecule has 0 saturated carbocycles. The second-order valence-corrected chi connectivity index (χ2v) is 6.91. The van der Waals surface area contributed by atoms with Gasteiger partial charge in [-0.1, -0.05) is 42.5 Å². The lowest BCUT2D eigenvalue weighted by Crippen LogP contribution is -2.43. The Morgan fingerprint density at radius 3 is 2.29 bits per heavy atom. The van der Waals surface area contributed by atoms with Crippen molar-refractivity contribution in [3.63, 3.8) is 0 Å². The average molecular weight is 327 g/mol. The van der Waals surface area contributed by atoms with Gasteiger partial charge in [0.1, 0.15) is 5.82 Å². The van der Waals surface area contributed by atoms with E-state index in [9.17, 15) is 9.50 Å². The van der Waals surface area contributed by atoms with Crippen LogP contribution >= 0.6 is 0 Å². The summed E-state index contributed by atoms with van der Waals surface area (Å²) in [7, 11) is 0. The molecule has 0 spiro atoms. The van der Waals surface area contributed by atoms with Gasteiger partial charge in [-0.15, -0.1) is 0 Å². The quantitative estimate of drug-likeness (QED) is 0.889. The molecule has 2 atom stereocenters. The molecule has 1 aliphatic heterocycles. The van der Waals surface area contributed by atoms with E-state index < -0.39 is 6.10 Å². The second-order valence-electron chi connectivity index (χ2n) is 6.91. The minimum atomic E-state index is -0.573. The highest BCUT2D eigenvalue weighted by molar-refractivity contribution is 5.20. The van der Waals surface area contributed by atoms with Gasteiger partial charge in [-0.2, -0.15) is 0 Å². The summed E-state index contributed by atoms with van der Waals surface area (Å²) < 4.78 is 13.0. The summed E-state index contributed by atoms with van der Waals surface area (Å²) in [6.45, 7) is 4.08. The predicted octanol–water partition coefficient (Wildman–Crippen LogP) is 4.20. The lowest BCUT2D eigenvalue weighted by molar-refractivity contribution is 0.0373. The number of benzene rings is 2. The third-order valence-corrected chi connectivity index (χ3v) is 5.26. The average Bonchev–Trinajstić information content (AvgIpc) is 2.63. The van der Waals surface area contributed by atoms with Crippen LogP contribution in [0.4, 0.5) is 4.39 Å². The number of nitrogens with zero attached hydrogens (tertiary/aromatic N) is 1. The Morgan fingerprint density at radius 2 is 1.67 bits per heavy atom. The SMILES string of the molecule is C[C@@H]([C@H](O)c1ccc(F)cc1)N1CCC(Cc2ccccc2)CC1. The number of piperidine rings is 1. The Hall–Kier alpha value is -1.71. The molecule has 128 valence electrons. The van der Waals surface area contributed by atoms with E-state index in [1.807, 2.05) is 0 Å². The molecule has 1 saturated heterocycles. The van der Waals surface area contributed by atoms with Gasteiger partial charge in [0.2, 0.25) is 0 Å². The Morgan fingerprint density at radius 1 is 1.04 bits per heavy atom. The zero-order valence-corrected chi connectivity index (χ0v) is 14.2. The van der Waals surface area contributed by atoms with Crippen molar-refractivity contribution in [2.24, 2.45) is 5.92 Å². The van der Waals surface area contributed by atoms with Gasteiger partial charge in [-0.3, -0.25) is 4.90 Å². The van der Waals surface area contributed by atoms with Crippen LogP contribution in [0.1, 0.15) is 37.0 Å². The van der Waals surface area contributed by atoms with Gasteiger partial charge in [0, 0.05) is 6.04 Å². The fourth-order valence-electron chi connectivity index (χ4n) is 3.65. The van der Waals surface area contributed by atoms with Crippen LogP contribution in [-0.2, 0) is 6.42 Å². The Kier molecular flexibility index (Phi) is 5.64. The molecule has 3 heteroatoms. The van der Waals surface area contributed by atoms with Gasteiger partial charge >= 0.3 is 0 Å². The standard InChI is InChI=1S/C21H26FNO/c1-16(21(24)19-7-9-20(22)10-8-19)23-13-11-18(12-14-23)15-17-5-3-2-4-6-17/h2-10,16,18,21,24H,11-15H2,1H3/t16-,21-/m0/s1. The van der Waals surface area contributed by atoms with Gasteiger partial charge in [0.15, 0.2) is 0 Å². The molecule has 24 heavy (non-hydrogen) atoms. The van der Waals surface area contributed by atoms with Gasteiger partial charge in [0.05, 0.1) is 6.10 Å². The number of hydrogen-bond donors (Lipinski definition) is 1. The lowest BCUT2D eigenvalue weighted by atomic mass is 9.89. The van der Waals surface area contributed by atoms with Crippen molar-refractivity contribution >= 4 is 0 Å². The monoisotopic (exact) mass is 327 g/mol. The maximum Gasteiger partial charge on any atom is 0.123 e. The molecule has 0 unspecified atom stereocenters. The molecule has 2 nitrogen and oxygen atoms in total. The molecule has 3 rings (SSSR count). The number of halogens is 1. The summed E-state index contributed by atoms with van der Waals surface area (Å²) in [5.74, 6) is 0.458. The van der Waals surface area contributed by atoms with E-state index in [2.05, 4.69) is 42.2 Å². The third-order valence-electron chi connectivity index (χ3n) is 5.26. The van der Waals surface area contributed by atoms with Gasteiger partial charge in [-0.05, 0) is 68.5 Å². The Labute approximate surface area is 143 Å². The van der Waals surface area contributed by atoms with Crippen molar-refractivity contribution < 1.29 is 9.50 Å². The molecule has 0 amide bonds. The van der Waals surface area contributed by atoms with Crippen molar-refractivity contribution in [2.45, 2.75) is 38.3 Å². The van der Waals surface area contributed by atoms with Crippen LogP contribution in [-0.4, -0.2) is 29.1 Å². The number of likely N-dealkylation sites (tertiary alicyclic amines) is 1. The first-order valence-electron chi connectivity index (χ1n) is 8.85. The molecule has 0 aromatic heterocycles. The first-order valence-corrected chi connectivity index (χ1v) is 8.85. The molecule has 1 N–H and O–H groups in total. The van der Waals surface area contributed by atoms with Crippen molar-refractivity contribution in [2.75, 3.05) is 13.1 Å². The van der Waals surface area contributed by atoms with Crippen LogP contribution in [0.3, 0.4) is 0 Å². The van der Waals surface area contributed by atoms with Crippen molar-refractivity contribution in [3.8, 4) is 0 Å². The fourth-order valence-corrected chi connectivity index (χ4v) is 3.65. The summed E-state index contributed by atoms with van der Waals surface area (Å²) >= 11 is 0. The van der Waals surface area contributed by atoms with Crippen molar-refractivity contribution in [3.05, 3.63) is 71.5 Å². The summed E-state index contributed by atoms with van der Waals surface area (Å²) in [6.07, 6.45) is 2.89. The van der Waals surface area contributed by atoms with Gasteiger partial charge < -0.3 is 5.11 Å². The van der Waals surface area contributed by atoms with E-state index in [0.29, 0.717) is 0 Å². The van der Waals surface area contributed by atoms with E-state index in [1.54, 1.807) is 12.1 Å². The Balaban J connectivity index is 1.53. The zero-order chi connectivity index (χ0) is 16.9. The zero-order valence-electron chi connectivity index (χ0n) is 14.2. The molecule has 2 aromatic carbocycles. The molecular weight excluding hydrogens is 301 g/mol. The summed E-state index contributed by atoms with van der Waals surface area (Å²) in [5, 5.41) is 10.6. The minimum absolute atomic E-state index is 0.0492. The molecule has 1 fully saturated rings. The maximum absolute atomic E-state index is 13.0. The number of rotatable bonds is 5. The van der Waals surface area contributed by atoms with Crippen molar-refractivity contribution in [1.82, 2.24) is 4.90 Å². The normalized spacial score (nSPS) is 19.1. The largest absolute Gasteiger partial charge is 0.387 e. The predicted molar refractivity (Wildman–Crippen MR) is 95.3 cm³/mol. The van der Waals surface area contributed by atoms with Crippen molar-refractivity contribution in [1.29, 1.82) is 0 Å². The first kappa shape index (κ1) is 17.1. The minimum Gasteiger partial charge on any atom is -0.387 e. The van der Waals surface area contributed by atoms with E-state index in [-0.39, 0.29) is 11.9 Å². The molecular formula is C21H26FNO. The van der Waals surface area contributed by atoms with E-state index >= 15 is 0 Å². The molecule has 0 radical (unpaired) electrons. The van der Waals surface area contributed by atoms with Crippen LogP contribution in [0.15, 0.2) is 54.6 Å². The molecule has 2 aromatic rings. The van der Waals surface area contributed by atoms with Gasteiger partial charge in [0.25, 0.3) is 0 Å². The number of hydrogen-bond acceptors (Lipinski definition) is 2. The number of aliphatic hydroxyl groups is 1. The Bertz CT molecular complexity index is 620. The first-order chi connectivity index (χ1) is 11.6. The van der Waals surface area contributed by atoms with Crippen LogP contribution in [0.2, 0.25) is 0 Å². The van der Waals surface area contributed by atoms with E-state index in [0.717, 1.165) is 43.8 Å². The summed E-state index contributed by atoms with van der Waals surface area (Å²) in [5.41, 5.74) is 2.20. The fraction of sp³-hybridized carbons (Fsp3) is 0.429. The van der Waals surface area contributed by atoms with Gasteiger partial charge in [-0.25, -0.2) is 4.39 Å². The second kappa shape index (κ2) is 7.91.